The van der Waals surface area contributed by atoms with Crippen molar-refractivity contribution in [3.63, 3.8) is 0 Å². The molecule has 0 aromatic heterocycles. The molecular weight excluding hydrogens is 421 g/mol. The summed E-state index contributed by atoms with van der Waals surface area (Å²) in [6.45, 7) is 24.2. The topological polar surface area (TPSA) is 48.0 Å². The lowest BCUT2D eigenvalue weighted by Crippen LogP contribution is -2.51. The van der Waals surface area contributed by atoms with Gasteiger partial charge in [-0.1, -0.05) is 58.0 Å². The molecule has 32 heavy (non-hydrogen) atoms. The Hall–Kier alpha value is -0.710. The predicted octanol–water partition coefficient (Wildman–Crippen LogP) is 7.57. The fraction of sp³-hybridized carbons (Fsp3) is 0.769. The van der Waals surface area contributed by atoms with E-state index < -0.39 is 7.60 Å². The van der Waals surface area contributed by atoms with E-state index in [-0.39, 0.29) is 16.7 Å². The van der Waals surface area contributed by atoms with E-state index in [0.29, 0.717) is 25.2 Å². The molecule has 6 heteroatoms. The standard InChI is InChI=1S/C14H32NO3P.C12H18O/c1-10-17-19(16,18-11-2)12(13(3,4)5)15(9)14(6,7)8;1-10(2)13-9-11(3)12-7-5-4-6-8-12/h12H,10-11H2,1-9H3;4-8,10-11H,9H2,1-3H3. The van der Waals surface area contributed by atoms with Crippen molar-refractivity contribution >= 4 is 7.60 Å². The van der Waals surface area contributed by atoms with Crippen molar-refractivity contribution in [2.75, 3.05) is 26.9 Å². The molecule has 0 aliphatic carbocycles. The highest BCUT2D eigenvalue weighted by atomic mass is 31.2. The van der Waals surface area contributed by atoms with Crippen LogP contribution in [-0.4, -0.2) is 49.2 Å². The first kappa shape index (κ1) is 31.3. The van der Waals surface area contributed by atoms with Gasteiger partial charge < -0.3 is 13.8 Å². The molecule has 2 atom stereocenters. The van der Waals surface area contributed by atoms with Crippen molar-refractivity contribution in [2.45, 2.75) is 99.5 Å². The largest absolute Gasteiger partial charge is 0.378 e. The summed E-state index contributed by atoms with van der Waals surface area (Å²) in [5.41, 5.74) is 1.03. The van der Waals surface area contributed by atoms with E-state index in [2.05, 4.69) is 91.5 Å². The van der Waals surface area contributed by atoms with Crippen molar-refractivity contribution < 1.29 is 18.3 Å². The van der Waals surface area contributed by atoms with Gasteiger partial charge in [0.15, 0.2) is 0 Å². The fourth-order valence-corrected chi connectivity index (χ4v) is 6.18. The Kier molecular flexibility index (Phi) is 13.6. The van der Waals surface area contributed by atoms with Crippen LogP contribution in [0.5, 0.6) is 0 Å². The molecule has 0 amide bonds. The van der Waals surface area contributed by atoms with E-state index in [1.165, 1.54) is 5.56 Å². The lowest BCUT2D eigenvalue weighted by Gasteiger charge is -2.46. The first-order valence-corrected chi connectivity index (χ1v) is 13.5. The summed E-state index contributed by atoms with van der Waals surface area (Å²) in [4.78, 5) is 2.11. The fourth-order valence-electron chi connectivity index (χ4n) is 3.39. The van der Waals surface area contributed by atoms with Gasteiger partial charge in [0, 0.05) is 11.5 Å². The van der Waals surface area contributed by atoms with Gasteiger partial charge in [-0.2, -0.15) is 0 Å². The van der Waals surface area contributed by atoms with Gasteiger partial charge in [0.2, 0.25) is 0 Å². The number of hydrogen-bond acceptors (Lipinski definition) is 5. The number of benzene rings is 1. The molecule has 0 radical (unpaired) electrons. The van der Waals surface area contributed by atoms with E-state index in [1.54, 1.807) is 0 Å². The van der Waals surface area contributed by atoms with Gasteiger partial charge in [0.25, 0.3) is 0 Å². The molecule has 0 saturated carbocycles. The average Bonchev–Trinajstić information content (AvgIpc) is 2.65. The average molecular weight is 472 g/mol. The SMILES string of the molecule is CC(C)OCC(C)c1ccccc1.CCOP(=O)(OCC)C(N(C)C(C)(C)C)C(C)(C)C. The second-order valence-corrected chi connectivity index (χ2v) is 12.7. The van der Waals surface area contributed by atoms with Gasteiger partial charge in [0.1, 0.15) is 5.78 Å². The summed E-state index contributed by atoms with van der Waals surface area (Å²) in [6, 6.07) is 10.5. The summed E-state index contributed by atoms with van der Waals surface area (Å²) in [6.07, 6.45) is 0.325. The number of rotatable bonds is 10. The molecule has 0 spiro atoms. The van der Waals surface area contributed by atoms with Gasteiger partial charge in [-0.3, -0.25) is 9.46 Å². The smallest absolute Gasteiger partial charge is 0.348 e. The van der Waals surface area contributed by atoms with E-state index in [9.17, 15) is 4.57 Å². The molecule has 1 rings (SSSR count). The first-order chi connectivity index (χ1) is 14.6. The van der Waals surface area contributed by atoms with Crippen LogP contribution < -0.4 is 0 Å². The molecule has 0 saturated heterocycles. The van der Waals surface area contributed by atoms with E-state index in [1.807, 2.05) is 27.0 Å². The molecule has 0 N–H and O–H groups in total. The van der Waals surface area contributed by atoms with Crippen LogP contribution in [0.25, 0.3) is 0 Å². The molecule has 0 aliphatic rings. The lowest BCUT2D eigenvalue weighted by molar-refractivity contribution is 0.0644. The third-order valence-electron chi connectivity index (χ3n) is 5.17. The second kappa shape index (κ2) is 13.9. The Balaban J connectivity index is 0.000000641. The molecule has 5 nitrogen and oxygen atoms in total. The Bertz CT molecular complexity index is 655. The summed E-state index contributed by atoms with van der Waals surface area (Å²) < 4.78 is 29.9. The second-order valence-electron chi connectivity index (χ2n) is 10.6. The highest BCUT2D eigenvalue weighted by Crippen LogP contribution is 2.60. The molecule has 1 aromatic rings. The van der Waals surface area contributed by atoms with Crippen molar-refractivity contribution in [3.05, 3.63) is 35.9 Å². The van der Waals surface area contributed by atoms with Crippen LogP contribution in [0.4, 0.5) is 0 Å². The Morgan fingerprint density at radius 1 is 0.906 bits per heavy atom. The lowest BCUT2D eigenvalue weighted by atomic mass is 9.93. The van der Waals surface area contributed by atoms with Gasteiger partial charge in [-0.15, -0.1) is 0 Å². The van der Waals surface area contributed by atoms with Crippen molar-refractivity contribution in [1.82, 2.24) is 4.90 Å². The van der Waals surface area contributed by atoms with E-state index >= 15 is 0 Å². The third-order valence-corrected chi connectivity index (χ3v) is 8.12. The van der Waals surface area contributed by atoms with Crippen molar-refractivity contribution in [2.24, 2.45) is 5.41 Å². The molecule has 0 heterocycles. The summed E-state index contributed by atoms with van der Waals surface area (Å²) in [5, 5.41) is 0. The Morgan fingerprint density at radius 2 is 1.38 bits per heavy atom. The minimum Gasteiger partial charge on any atom is -0.378 e. The van der Waals surface area contributed by atoms with E-state index in [4.69, 9.17) is 13.8 Å². The van der Waals surface area contributed by atoms with Crippen LogP contribution in [0.2, 0.25) is 0 Å². The highest BCUT2D eigenvalue weighted by Gasteiger charge is 2.48. The molecule has 0 fully saturated rings. The monoisotopic (exact) mass is 471 g/mol. The first-order valence-electron chi connectivity index (χ1n) is 11.9. The van der Waals surface area contributed by atoms with Crippen LogP contribution in [-0.2, 0) is 18.3 Å². The van der Waals surface area contributed by atoms with Crippen LogP contribution in [0.15, 0.2) is 30.3 Å². The Morgan fingerprint density at radius 3 is 1.72 bits per heavy atom. The normalized spacial score (nSPS) is 14.8. The van der Waals surface area contributed by atoms with Crippen LogP contribution in [0.1, 0.15) is 87.6 Å². The van der Waals surface area contributed by atoms with E-state index in [0.717, 1.165) is 6.61 Å². The zero-order valence-corrected chi connectivity index (χ0v) is 23.7. The molecule has 2 unspecified atom stereocenters. The molecule has 188 valence electrons. The van der Waals surface area contributed by atoms with Crippen molar-refractivity contribution in [1.29, 1.82) is 0 Å². The minimum absolute atomic E-state index is 0.109. The van der Waals surface area contributed by atoms with Gasteiger partial charge >= 0.3 is 7.60 Å². The Labute approximate surface area is 198 Å². The van der Waals surface area contributed by atoms with Crippen LogP contribution >= 0.6 is 7.60 Å². The predicted molar refractivity (Wildman–Crippen MR) is 138 cm³/mol. The maximum atomic E-state index is 13.2. The summed E-state index contributed by atoms with van der Waals surface area (Å²) in [7, 11) is -1.19. The quantitative estimate of drug-likeness (QED) is 0.329. The highest BCUT2D eigenvalue weighted by molar-refractivity contribution is 7.54. The number of hydrogen-bond donors (Lipinski definition) is 0. The van der Waals surface area contributed by atoms with Gasteiger partial charge in [-0.05, 0) is 66.5 Å². The molecule has 0 aliphatic heterocycles. The zero-order valence-electron chi connectivity index (χ0n) is 22.8. The van der Waals surface area contributed by atoms with Gasteiger partial charge in [0.05, 0.1) is 25.9 Å². The van der Waals surface area contributed by atoms with Crippen molar-refractivity contribution in [3.8, 4) is 0 Å². The maximum Gasteiger partial charge on any atom is 0.348 e. The maximum absolute atomic E-state index is 13.2. The molecule has 1 aromatic carbocycles. The summed E-state index contributed by atoms with van der Waals surface area (Å²) >= 11 is 0. The van der Waals surface area contributed by atoms with Crippen LogP contribution in [0, 0.1) is 5.41 Å². The minimum atomic E-state index is -3.18. The summed E-state index contributed by atoms with van der Waals surface area (Å²) in [5.74, 6) is 0.212. The third kappa shape index (κ3) is 10.9. The number of ether oxygens (including phenoxy) is 1. The molecule has 0 bridgehead atoms. The van der Waals surface area contributed by atoms with Gasteiger partial charge in [-0.25, -0.2) is 0 Å². The molecular formula is C26H50NO4P. The zero-order chi connectivity index (χ0) is 25.2. The number of nitrogens with zero attached hydrogens (tertiary/aromatic N) is 1. The van der Waals surface area contributed by atoms with Crippen LogP contribution in [0.3, 0.4) is 0 Å².